The second-order valence-corrected chi connectivity index (χ2v) is 3.74. The Bertz CT molecular complexity index is 256. The molecule has 0 amide bonds. The maximum absolute atomic E-state index is 12.8. The average molecular weight is 221 g/mol. The minimum Gasteiger partial charge on any atom is -0.243 e. The Labute approximate surface area is 87.7 Å². The molecule has 0 aromatic heterocycles. The van der Waals surface area contributed by atoms with Gasteiger partial charge in [-0.2, -0.15) is 0 Å². The van der Waals surface area contributed by atoms with Gasteiger partial charge in [-0.25, -0.2) is 4.39 Å². The molecule has 0 aliphatic rings. The van der Waals surface area contributed by atoms with Gasteiger partial charge in [0.05, 0.1) is 5.38 Å². The number of alkyl halides is 3. The maximum Gasteiger partial charge on any atom is 0.122 e. The molecule has 1 aromatic rings. The van der Waals surface area contributed by atoms with Crippen molar-refractivity contribution in [3.05, 3.63) is 35.4 Å². The Kier molecular flexibility index (Phi) is 4.01. The van der Waals surface area contributed by atoms with Crippen LogP contribution < -0.4 is 0 Å². The average Bonchev–Trinajstić information content (AvgIpc) is 2.17. The number of hydrogen-bond acceptors (Lipinski definition) is 0. The van der Waals surface area contributed by atoms with Crippen molar-refractivity contribution < 1.29 is 4.39 Å². The zero-order valence-corrected chi connectivity index (χ0v) is 8.82. The van der Waals surface area contributed by atoms with Gasteiger partial charge >= 0.3 is 0 Å². The molecular formula is C10H11Cl2F. The van der Waals surface area contributed by atoms with E-state index in [-0.39, 0.29) is 5.38 Å². The zero-order chi connectivity index (χ0) is 9.84. The van der Waals surface area contributed by atoms with E-state index < -0.39 is 6.17 Å². The highest BCUT2D eigenvalue weighted by atomic mass is 35.5. The highest BCUT2D eigenvalue weighted by molar-refractivity contribution is 6.28. The van der Waals surface area contributed by atoms with Crippen LogP contribution in [-0.2, 0) is 0 Å². The first kappa shape index (κ1) is 10.8. The van der Waals surface area contributed by atoms with E-state index in [1.54, 1.807) is 12.1 Å². The fourth-order valence-corrected chi connectivity index (χ4v) is 1.38. The second-order valence-electron chi connectivity index (χ2n) is 2.90. The van der Waals surface area contributed by atoms with E-state index in [1.807, 2.05) is 12.1 Å². The van der Waals surface area contributed by atoms with Gasteiger partial charge in [0.1, 0.15) is 6.17 Å². The number of hydrogen-bond donors (Lipinski definition) is 0. The van der Waals surface area contributed by atoms with E-state index in [4.69, 9.17) is 23.2 Å². The minimum atomic E-state index is -0.932. The molecule has 0 saturated heterocycles. The molecule has 1 aromatic carbocycles. The Hall–Kier alpha value is -0.270. The van der Waals surface area contributed by atoms with Gasteiger partial charge in [-0.3, -0.25) is 0 Å². The fourth-order valence-electron chi connectivity index (χ4n) is 1.06. The summed E-state index contributed by atoms with van der Waals surface area (Å²) in [6.07, 6.45) is -0.932. The number of rotatable bonds is 3. The Morgan fingerprint density at radius 2 is 1.69 bits per heavy atom. The van der Waals surface area contributed by atoms with Crippen molar-refractivity contribution in [1.29, 1.82) is 0 Å². The van der Waals surface area contributed by atoms with Gasteiger partial charge < -0.3 is 0 Å². The van der Waals surface area contributed by atoms with Crippen molar-refractivity contribution in [1.82, 2.24) is 0 Å². The van der Waals surface area contributed by atoms with Crippen LogP contribution in [0.4, 0.5) is 4.39 Å². The Balaban J connectivity index is 2.81. The standard InChI is InChI=1S/C10H11Cl2F/c1-7(13)8-2-4-9(5-3-8)10(12)6-11/h2-5,7,10H,6H2,1H3. The first-order valence-corrected chi connectivity index (χ1v) is 5.06. The molecule has 1 rings (SSSR count). The van der Waals surface area contributed by atoms with E-state index in [9.17, 15) is 4.39 Å². The third-order valence-corrected chi connectivity index (χ3v) is 2.77. The molecule has 2 atom stereocenters. The maximum atomic E-state index is 12.8. The Morgan fingerprint density at radius 1 is 1.23 bits per heavy atom. The first-order chi connectivity index (χ1) is 6.15. The molecule has 2 unspecified atom stereocenters. The van der Waals surface area contributed by atoms with Gasteiger partial charge in [-0.1, -0.05) is 24.3 Å². The molecule has 0 aliphatic heterocycles. The van der Waals surface area contributed by atoms with Crippen LogP contribution in [0.15, 0.2) is 24.3 Å². The van der Waals surface area contributed by atoms with Crippen molar-refractivity contribution >= 4 is 23.2 Å². The van der Waals surface area contributed by atoms with Crippen LogP contribution in [0, 0.1) is 0 Å². The van der Waals surface area contributed by atoms with Gasteiger partial charge in [-0.05, 0) is 18.1 Å². The molecule has 0 spiro atoms. The van der Waals surface area contributed by atoms with Gasteiger partial charge in [-0.15, -0.1) is 23.2 Å². The van der Waals surface area contributed by atoms with Crippen LogP contribution in [0.1, 0.15) is 29.6 Å². The molecule has 72 valence electrons. The van der Waals surface area contributed by atoms with Crippen LogP contribution >= 0.6 is 23.2 Å². The van der Waals surface area contributed by atoms with E-state index in [0.717, 1.165) is 5.56 Å². The summed E-state index contributed by atoms with van der Waals surface area (Å²) in [6.45, 7) is 1.51. The van der Waals surface area contributed by atoms with Crippen LogP contribution in [-0.4, -0.2) is 5.88 Å². The summed E-state index contributed by atoms with van der Waals surface area (Å²) in [5.74, 6) is 0.367. The second kappa shape index (κ2) is 4.83. The van der Waals surface area contributed by atoms with Gasteiger partial charge in [0, 0.05) is 5.88 Å². The highest BCUT2D eigenvalue weighted by Gasteiger charge is 2.07. The van der Waals surface area contributed by atoms with Crippen molar-refractivity contribution in [2.24, 2.45) is 0 Å². The molecule has 13 heavy (non-hydrogen) atoms. The van der Waals surface area contributed by atoms with Crippen LogP contribution in [0.25, 0.3) is 0 Å². The molecule has 0 N–H and O–H groups in total. The number of halogens is 3. The van der Waals surface area contributed by atoms with Gasteiger partial charge in [0.15, 0.2) is 0 Å². The molecule has 0 heterocycles. The molecular weight excluding hydrogens is 210 g/mol. The van der Waals surface area contributed by atoms with Crippen LogP contribution in [0.3, 0.4) is 0 Å². The lowest BCUT2D eigenvalue weighted by molar-refractivity contribution is 0.374. The first-order valence-electron chi connectivity index (χ1n) is 4.09. The normalized spacial score (nSPS) is 15.4. The van der Waals surface area contributed by atoms with Gasteiger partial charge in [0.2, 0.25) is 0 Å². The summed E-state index contributed by atoms with van der Waals surface area (Å²) in [4.78, 5) is 0. The van der Waals surface area contributed by atoms with Crippen molar-refractivity contribution in [2.75, 3.05) is 5.88 Å². The monoisotopic (exact) mass is 220 g/mol. The summed E-state index contributed by atoms with van der Waals surface area (Å²) < 4.78 is 12.8. The third kappa shape index (κ3) is 2.85. The molecule has 3 heteroatoms. The summed E-state index contributed by atoms with van der Waals surface area (Å²) >= 11 is 11.5. The largest absolute Gasteiger partial charge is 0.243 e. The van der Waals surface area contributed by atoms with Crippen LogP contribution in [0.2, 0.25) is 0 Å². The van der Waals surface area contributed by atoms with E-state index >= 15 is 0 Å². The lowest BCUT2D eigenvalue weighted by Gasteiger charge is -2.07. The lowest BCUT2D eigenvalue weighted by Crippen LogP contribution is -1.92. The topological polar surface area (TPSA) is 0 Å². The van der Waals surface area contributed by atoms with E-state index in [1.165, 1.54) is 6.92 Å². The van der Waals surface area contributed by atoms with Crippen LogP contribution in [0.5, 0.6) is 0 Å². The van der Waals surface area contributed by atoms with Gasteiger partial charge in [0.25, 0.3) is 0 Å². The molecule has 0 radical (unpaired) electrons. The molecule has 0 fully saturated rings. The quantitative estimate of drug-likeness (QED) is 0.669. The molecule has 0 nitrogen and oxygen atoms in total. The summed E-state index contributed by atoms with van der Waals surface area (Å²) in [7, 11) is 0. The van der Waals surface area contributed by atoms with E-state index in [0.29, 0.717) is 11.4 Å². The highest BCUT2D eigenvalue weighted by Crippen LogP contribution is 2.24. The fraction of sp³-hybridized carbons (Fsp3) is 0.400. The van der Waals surface area contributed by atoms with E-state index in [2.05, 4.69) is 0 Å². The zero-order valence-electron chi connectivity index (χ0n) is 7.31. The van der Waals surface area contributed by atoms with Crippen molar-refractivity contribution in [3.63, 3.8) is 0 Å². The molecule has 0 aliphatic carbocycles. The third-order valence-electron chi connectivity index (χ3n) is 1.89. The predicted molar refractivity (Wildman–Crippen MR) is 55.3 cm³/mol. The summed E-state index contributed by atoms with van der Waals surface area (Å²) in [5.41, 5.74) is 1.60. The summed E-state index contributed by atoms with van der Waals surface area (Å²) in [5, 5.41) is -0.189. The molecule has 0 bridgehead atoms. The summed E-state index contributed by atoms with van der Waals surface area (Å²) in [6, 6.07) is 7.10. The lowest BCUT2D eigenvalue weighted by atomic mass is 10.1. The smallest absolute Gasteiger partial charge is 0.122 e. The van der Waals surface area contributed by atoms with Crippen molar-refractivity contribution in [2.45, 2.75) is 18.5 Å². The number of benzene rings is 1. The predicted octanol–water partition coefficient (Wildman–Crippen LogP) is 4.24. The van der Waals surface area contributed by atoms with Crippen molar-refractivity contribution in [3.8, 4) is 0 Å². The minimum absolute atomic E-state index is 0.189. The Morgan fingerprint density at radius 3 is 2.08 bits per heavy atom. The SMILES string of the molecule is CC(F)c1ccc(C(Cl)CCl)cc1. The molecule has 0 saturated carbocycles.